The molecule has 1 aromatic carbocycles. The molecule has 0 aliphatic carbocycles. The van der Waals surface area contributed by atoms with Gasteiger partial charge in [0.05, 0.1) is 13.7 Å². The van der Waals surface area contributed by atoms with Gasteiger partial charge in [0.15, 0.2) is 5.78 Å². The number of rotatable bonds is 6. The number of hydrogen-bond acceptors (Lipinski definition) is 3. The molecule has 0 aliphatic rings. The molecule has 0 N–H and O–H groups in total. The lowest BCUT2D eigenvalue weighted by atomic mass is 10.2. The van der Waals surface area contributed by atoms with E-state index in [0.29, 0.717) is 13.0 Å². The molecule has 0 spiro atoms. The van der Waals surface area contributed by atoms with Gasteiger partial charge < -0.3 is 9.47 Å². The first-order chi connectivity index (χ1) is 7.26. The topological polar surface area (TPSA) is 35.5 Å². The molecule has 3 nitrogen and oxygen atoms in total. The summed E-state index contributed by atoms with van der Waals surface area (Å²) in [4.78, 5) is 11.0. The quantitative estimate of drug-likeness (QED) is 0.718. The molecule has 0 radical (unpaired) electrons. The summed E-state index contributed by atoms with van der Waals surface area (Å²) in [6, 6.07) is 7.62. The van der Waals surface area contributed by atoms with Gasteiger partial charge in [0.25, 0.3) is 0 Å². The fourth-order valence-corrected chi connectivity index (χ4v) is 1.15. The van der Waals surface area contributed by atoms with Crippen molar-refractivity contribution in [1.29, 1.82) is 0 Å². The Morgan fingerprint density at radius 2 is 2.20 bits per heavy atom. The van der Waals surface area contributed by atoms with Gasteiger partial charge in [-0.15, -0.1) is 0 Å². The van der Waals surface area contributed by atoms with E-state index in [4.69, 9.17) is 9.47 Å². The Morgan fingerprint density at radius 3 is 2.87 bits per heavy atom. The Balaban J connectivity index is 2.40. The molecule has 0 fully saturated rings. The van der Waals surface area contributed by atoms with E-state index in [1.807, 2.05) is 31.2 Å². The van der Waals surface area contributed by atoms with Crippen molar-refractivity contribution in [1.82, 2.24) is 0 Å². The molecule has 0 heterocycles. The van der Waals surface area contributed by atoms with Crippen molar-refractivity contribution < 1.29 is 14.3 Å². The number of Topliss-reactive ketones (excluding diaryl/α,β-unsaturated/α-hetero) is 1. The lowest BCUT2D eigenvalue weighted by Crippen LogP contribution is -2.06. The largest absolute Gasteiger partial charge is 0.497 e. The van der Waals surface area contributed by atoms with Gasteiger partial charge in [0.2, 0.25) is 0 Å². The van der Waals surface area contributed by atoms with Gasteiger partial charge in [-0.1, -0.05) is 19.1 Å². The Hall–Kier alpha value is -1.35. The summed E-state index contributed by atoms with van der Waals surface area (Å²) in [7, 11) is 1.63. The van der Waals surface area contributed by atoms with Crippen LogP contribution in [0.3, 0.4) is 0 Å². The second-order valence-electron chi connectivity index (χ2n) is 3.24. The van der Waals surface area contributed by atoms with Gasteiger partial charge in [0.1, 0.15) is 12.4 Å². The average Bonchev–Trinajstić information content (AvgIpc) is 2.29. The van der Waals surface area contributed by atoms with Crippen LogP contribution >= 0.6 is 0 Å². The monoisotopic (exact) mass is 208 g/mol. The maximum atomic E-state index is 11.0. The summed E-state index contributed by atoms with van der Waals surface area (Å²) in [6.07, 6.45) is 0.526. The maximum Gasteiger partial charge on any atom is 0.158 e. The van der Waals surface area contributed by atoms with Crippen LogP contribution in [0.25, 0.3) is 0 Å². The van der Waals surface area contributed by atoms with Crippen molar-refractivity contribution in [3.8, 4) is 5.75 Å². The van der Waals surface area contributed by atoms with E-state index in [2.05, 4.69) is 0 Å². The minimum atomic E-state index is 0.123. The van der Waals surface area contributed by atoms with E-state index in [-0.39, 0.29) is 12.4 Å². The second-order valence-corrected chi connectivity index (χ2v) is 3.24. The van der Waals surface area contributed by atoms with Crippen LogP contribution in [0.4, 0.5) is 0 Å². The number of hydrogen-bond donors (Lipinski definition) is 0. The zero-order chi connectivity index (χ0) is 11.1. The third-order valence-corrected chi connectivity index (χ3v) is 2.06. The van der Waals surface area contributed by atoms with Gasteiger partial charge >= 0.3 is 0 Å². The zero-order valence-corrected chi connectivity index (χ0v) is 9.16. The second kappa shape index (κ2) is 6.19. The Morgan fingerprint density at radius 1 is 1.40 bits per heavy atom. The number of carbonyl (C=O) groups is 1. The Labute approximate surface area is 90.0 Å². The molecule has 0 amide bonds. The first-order valence-corrected chi connectivity index (χ1v) is 4.98. The van der Waals surface area contributed by atoms with Crippen molar-refractivity contribution in [3.05, 3.63) is 29.8 Å². The first kappa shape index (κ1) is 11.7. The van der Waals surface area contributed by atoms with E-state index in [1.165, 1.54) is 0 Å². The normalized spacial score (nSPS) is 10.0. The van der Waals surface area contributed by atoms with Crippen molar-refractivity contribution in [2.24, 2.45) is 0 Å². The number of carbonyl (C=O) groups excluding carboxylic acids is 1. The van der Waals surface area contributed by atoms with E-state index in [0.717, 1.165) is 11.3 Å². The van der Waals surface area contributed by atoms with Crippen molar-refractivity contribution in [2.45, 2.75) is 20.0 Å². The van der Waals surface area contributed by atoms with Crippen molar-refractivity contribution in [3.63, 3.8) is 0 Å². The van der Waals surface area contributed by atoms with Crippen LogP contribution in [-0.2, 0) is 16.1 Å². The van der Waals surface area contributed by atoms with Gasteiger partial charge in [-0.2, -0.15) is 0 Å². The highest BCUT2D eigenvalue weighted by molar-refractivity contribution is 5.79. The third kappa shape index (κ3) is 4.13. The minimum Gasteiger partial charge on any atom is -0.497 e. The lowest BCUT2D eigenvalue weighted by Gasteiger charge is -2.05. The molecule has 1 rings (SSSR count). The molecule has 0 atom stereocenters. The minimum absolute atomic E-state index is 0.123. The van der Waals surface area contributed by atoms with Crippen LogP contribution < -0.4 is 4.74 Å². The Kier molecular flexibility index (Phi) is 4.84. The third-order valence-electron chi connectivity index (χ3n) is 2.06. The molecule has 0 saturated heterocycles. The molecular formula is C12H16O3. The molecule has 0 bridgehead atoms. The highest BCUT2D eigenvalue weighted by atomic mass is 16.5. The summed E-state index contributed by atoms with van der Waals surface area (Å²) in [6.45, 7) is 2.47. The van der Waals surface area contributed by atoms with Crippen molar-refractivity contribution in [2.75, 3.05) is 13.7 Å². The van der Waals surface area contributed by atoms with Crippen LogP contribution in [0.5, 0.6) is 5.75 Å². The molecule has 0 aliphatic heterocycles. The smallest absolute Gasteiger partial charge is 0.158 e. The predicted molar refractivity (Wildman–Crippen MR) is 57.9 cm³/mol. The highest BCUT2D eigenvalue weighted by Crippen LogP contribution is 2.13. The van der Waals surface area contributed by atoms with E-state index >= 15 is 0 Å². The molecule has 0 saturated carbocycles. The molecule has 3 heteroatoms. The van der Waals surface area contributed by atoms with E-state index < -0.39 is 0 Å². The predicted octanol–water partition coefficient (Wildman–Crippen LogP) is 2.19. The van der Waals surface area contributed by atoms with Crippen molar-refractivity contribution >= 4 is 5.78 Å². The van der Waals surface area contributed by atoms with Crippen LogP contribution in [0.1, 0.15) is 18.9 Å². The fourth-order valence-electron chi connectivity index (χ4n) is 1.15. The number of methoxy groups -OCH3 is 1. The van der Waals surface area contributed by atoms with Crippen LogP contribution in [-0.4, -0.2) is 19.5 Å². The molecule has 1 aromatic rings. The first-order valence-electron chi connectivity index (χ1n) is 4.98. The van der Waals surface area contributed by atoms with Gasteiger partial charge in [-0.05, 0) is 17.7 Å². The standard InChI is InChI=1S/C12H16O3/c1-3-11(13)9-15-8-10-5-4-6-12(7-10)14-2/h4-7H,3,8-9H2,1-2H3. The number of ketones is 1. The zero-order valence-electron chi connectivity index (χ0n) is 9.16. The van der Waals surface area contributed by atoms with Gasteiger partial charge in [-0.3, -0.25) is 4.79 Å². The maximum absolute atomic E-state index is 11.0. The molecule has 82 valence electrons. The van der Waals surface area contributed by atoms with Crippen LogP contribution in [0, 0.1) is 0 Å². The van der Waals surface area contributed by atoms with Gasteiger partial charge in [-0.25, -0.2) is 0 Å². The summed E-state index contributed by atoms with van der Waals surface area (Å²) < 4.78 is 10.3. The molecule has 0 aromatic heterocycles. The summed E-state index contributed by atoms with van der Waals surface area (Å²) in [5, 5.41) is 0. The molecular weight excluding hydrogens is 192 g/mol. The number of benzene rings is 1. The fraction of sp³-hybridized carbons (Fsp3) is 0.417. The van der Waals surface area contributed by atoms with E-state index in [1.54, 1.807) is 7.11 Å². The highest BCUT2D eigenvalue weighted by Gasteiger charge is 1.99. The molecule has 0 unspecified atom stereocenters. The average molecular weight is 208 g/mol. The van der Waals surface area contributed by atoms with Crippen LogP contribution in [0.15, 0.2) is 24.3 Å². The molecule has 15 heavy (non-hydrogen) atoms. The number of ether oxygens (including phenoxy) is 2. The van der Waals surface area contributed by atoms with Gasteiger partial charge in [0, 0.05) is 6.42 Å². The summed E-state index contributed by atoms with van der Waals surface area (Å²) >= 11 is 0. The summed E-state index contributed by atoms with van der Waals surface area (Å²) in [5.41, 5.74) is 1.01. The SMILES string of the molecule is CCC(=O)COCc1cccc(OC)c1. The van der Waals surface area contributed by atoms with E-state index in [9.17, 15) is 4.79 Å². The Bertz CT molecular complexity index is 320. The summed E-state index contributed by atoms with van der Waals surface area (Å²) in [5.74, 6) is 0.927. The van der Waals surface area contributed by atoms with Crippen LogP contribution in [0.2, 0.25) is 0 Å². The lowest BCUT2D eigenvalue weighted by molar-refractivity contribution is -0.123.